The molecule has 3 aliphatic heterocycles. The number of quaternary nitrogens is 1. The first-order chi connectivity index (χ1) is 11.2. The molecular weight excluding hydrogens is 329 g/mol. The molecule has 0 atom stereocenters. The van der Waals surface area contributed by atoms with Crippen molar-refractivity contribution in [3.8, 4) is 0 Å². The molecule has 0 aromatic rings. The van der Waals surface area contributed by atoms with Crippen molar-refractivity contribution >= 4 is 7.36 Å². The molecule has 0 amide bonds. The van der Waals surface area contributed by atoms with Crippen molar-refractivity contribution in [2.75, 3.05) is 39.3 Å². The summed E-state index contributed by atoms with van der Waals surface area (Å²) in [7, 11) is -3.19. The van der Waals surface area contributed by atoms with E-state index in [1.807, 2.05) is 0 Å². The molecule has 6 heteroatoms. The molecule has 3 fully saturated rings. The molecule has 0 bridgehead atoms. The van der Waals surface area contributed by atoms with Gasteiger partial charge in [-0.05, 0) is 0 Å². The Morgan fingerprint density at radius 3 is 1.16 bits per heavy atom. The molecule has 5 nitrogen and oxygen atoms in total. The van der Waals surface area contributed by atoms with Crippen molar-refractivity contribution in [3.63, 3.8) is 0 Å². The van der Waals surface area contributed by atoms with E-state index in [0.29, 0.717) is 0 Å². The standard InChI is InChI=1S/C19H39N5P/c1-17(2,3)21-11-14-24-15-12-22(18(4,5)6)25(21,24,20-10)23(13-16-24)19(7,8)9/h11-16H2,1-9H3/q+1. The van der Waals surface area contributed by atoms with E-state index in [9.17, 15) is 0 Å². The van der Waals surface area contributed by atoms with Crippen LogP contribution in [0.25, 0.3) is 4.62 Å². The monoisotopic (exact) mass is 368 g/mol. The van der Waals surface area contributed by atoms with Crippen molar-refractivity contribution in [3.05, 3.63) is 11.2 Å². The van der Waals surface area contributed by atoms with Crippen LogP contribution >= 0.6 is 7.36 Å². The van der Waals surface area contributed by atoms with Crippen LogP contribution in [0.1, 0.15) is 62.3 Å². The minimum absolute atomic E-state index is 0.00987. The Balaban J connectivity index is 2.43. The van der Waals surface area contributed by atoms with E-state index in [0.717, 1.165) is 43.5 Å². The van der Waals surface area contributed by atoms with E-state index in [4.69, 9.17) is 11.2 Å². The molecule has 0 aromatic carbocycles. The zero-order valence-electron chi connectivity index (χ0n) is 17.9. The Morgan fingerprint density at radius 1 is 0.680 bits per heavy atom. The number of rotatable bonds is 0. The zero-order valence-corrected chi connectivity index (χ0v) is 18.8. The van der Waals surface area contributed by atoms with Crippen molar-refractivity contribution in [1.82, 2.24) is 14.0 Å². The maximum atomic E-state index is 8.81. The van der Waals surface area contributed by atoms with Crippen LogP contribution in [0.15, 0.2) is 0 Å². The molecule has 0 radical (unpaired) electrons. The second-order valence-corrected chi connectivity index (χ2v) is 15.4. The van der Waals surface area contributed by atoms with Crippen LogP contribution in [-0.4, -0.2) is 74.2 Å². The first-order valence-corrected chi connectivity index (χ1v) is 11.8. The summed E-state index contributed by atoms with van der Waals surface area (Å²) in [6.07, 6.45) is 0. The summed E-state index contributed by atoms with van der Waals surface area (Å²) in [6.45, 7) is 36.2. The van der Waals surface area contributed by atoms with Crippen LogP contribution in [0.5, 0.6) is 0 Å². The molecule has 3 aliphatic rings. The molecule has 0 aromatic heterocycles. The van der Waals surface area contributed by atoms with Gasteiger partial charge in [-0.15, -0.1) is 0 Å². The van der Waals surface area contributed by atoms with Gasteiger partial charge in [0.2, 0.25) is 0 Å². The topological polar surface area (TPSA) is 14.1 Å². The SMILES string of the molecule is [C-]#[N+]P123N(C(C)(C)C)CC[N+]1(CCN2C(C)(C)C)CCN3C(C)(C)C. The minimum atomic E-state index is -3.19. The summed E-state index contributed by atoms with van der Waals surface area (Å²) >= 11 is 0. The average molecular weight is 369 g/mol. The fourth-order valence-electron chi connectivity index (χ4n) is 6.20. The van der Waals surface area contributed by atoms with Crippen LogP contribution < -0.4 is 0 Å². The molecule has 0 saturated carbocycles. The van der Waals surface area contributed by atoms with Gasteiger partial charge in [0, 0.05) is 0 Å². The predicted molar refractivity (Wildman–Crippen MR) is 108 cm³/mol. The predicted octanol–water partition coefficient (Wildman–Crippen LogP) is 4.19. The maximum absolute atomic E-state index is 8.81. The van der Waals surface area contributed by atoms with Gasteiger partial charge in [0.1, 0.15) is 0 Å². The summed E-state index contributed by atoms with van der Waals surface area (Å²) < 4.78 is 13.9. The van der Waals surface area contributed by atoms with Crippen molar-refractivity contribution in [1.29, 1.82) is 0 Å². The molecule has 3 saturated heterocycles. The van der Waals surface area contributed by atoms with Crippen LogP contribution in [0.3, 0.4) is 0 Å². The molecule has 25 heavy (non-hydrogen) atoms. The Labute approximate surface area is 155 Å². The average Bonchev–Trinajstić information content (AvgIpc) is 2.90. The molecule has 144 valence electrons. The van der Waals surface area contributed by atoms with E-state index in [1.54, 1.807) is 0 Å². The third-order valence-electron chi connectivity index (χ3n) is 6.74. The van der Waals surface area contributed by atoms with Gasteiger partial charge in [-0.1, -0.05) is 0 Å². The Kier molecular flexibility index (Phi) is 3.88. The number of hydrogen-bond acceptors (Lipinski definition) is 3. The van der Waals surface area contributed by atoms with Gasteiger partial charge in [0.25, 0.3) is 0 Å². The van der Waals surface area contributed by atoms with Crippen LogP contribution in [0.4, 0.5) is 0 Å². The molecule has 0 N–H and O–H groups in total. The van der Waals surface area contributed by atoms with Crippen molar-refractivity contribution < 1.29 is 4.25 Å². The van der Waals surface area contributed by atoms with E-state index in [2.05, 4.69) is 76.3 Å². The second-order valence-electron chi connectivity index (χ2n) is 11.1. The van der Waals surface area contributed by atoms with Gasteiger partial charge in [-0.3, -0.25) is 0 Å². The normalized spacial score (nSPS) is 35.0. The quantitative estimate of drug-likeness (QED) is 0.470. The molecular formula is C19H39N5P+. The van der Waals surface area contributed by atoms with E-state index >= 15 is 0 Å². The van der Waals surface area contributed by atoms with E-state index in [1.165, 1.54) is 0 Å². The van der Waals surface area contributed by atoms with Gasteiger partial charge < -0.3 is 0 Å². The molecule has 3 heterocycles. The van der Waals surface area contributed by atoms with Gasteiger partial charge in [-0.25, -0.2) is 0 Å². The third kappa shape index (κ3) is 1.96. The van der Waals surface area contributed by atoms with Crippen molar-refractivity contribution in [2.24, 2.45) is 0 Å². The number of nitrogens with zero attached hydrogens (tertiary/aromatic N) is 5. The number of hydrogen-bond donors (Lipinski definition) is 0. The second kappa shape index (κ2) is 4.97. The van der Waals surface area contributed by atoms with Gasteiger partial charge in [0.05, 0.1) is 0 Å². The van der Waals surface area contributed by atoms with Crippen molar-refractivity contribution in [2.45, 2.75) is 78.9 Å². The van der Waals surface area contributed by atoms with E-state index in [-0.39, 0.29) is 16.6 Å². The van der Waals surface area contributed by atoms with E-state index < -0.39 is 7.36 Å². The fourth-order valence-corrected chi connectivity index (χ4v) is 14.8. The summed E-state index contributed by atoms with van der Waals surface area (Å²) in [5.74, 6) is 0. The zero-order chi connectivity index (χ0) is 19.1. The summed E-state index contributed by atoms with van der Waals surface area (Å²) in [6, 6.07) is 0. The van der Waals surface area contributed by atoms with Crippen LogP contribution in [-0.2, 0) is 0 Å². The van der Waals surface area contributed by atoms with Crippen LogP contribution in [0, 0.1) is 6.57 Å². The molecule has 0 spiro atoms. The Bertz CT molecular complexity index is 546. The third-order valence-corrected chi connectivity index (χ3v) is 14.2. The molecule has 3 rings (SSSR count). The molecule has 0 aliphatic carbocycles. The Hall–Kier alpha value is -0.240. The first-order valence-electron chi connectivity index (χ1n) is 9.79. The summed E-state index contributed by atoms with van der Waals surface area (Å²) in [5.41, 5.74) is -0.0296. The summed E-state index contributed by atoms with van der Waals surface area (Å²) in [5, 5.41) is 0. The molecule has 0 unspecified atom stereocenters. The first kappa shape index (κ1) is 19.5. The fraction of sp³-hybridized carbons (Fsp3) is 0.947. The van der Waals surface area contributed by atoms with Gasteiger partial charge in [0.15, 0.2) is 0 Å². The van der Waals surface area contributed by atoms with Crippen LogP contribution in [0.2, 0.25) is 0 Å². The van der Waals surface area contributed by atoms with Gasteiger partial charge >= 0.3 is 155 Å². The summed E-state index contributed by atoms with van der Waals surface area (Å²) in [4.78, 5) is 0. The van der Waals surface area contributed by atoms with Gasteiger partial charge in [-0.2, -0.15) is 0 Å². The Morgan fingerprint density at radius 2 is 0.960 bits per heavy atom.